The smallest absolute Gasteiger partial charge is 0.319 e. The van der Waals surface area contributed by atoms with E-state index in [1.807, 2.05) is 6.92 Å². The van der Waals surface area contributed by atoms with Gasteiger partial charge in [-0.25, -0.2) is 0 Å². The van der Waals surface area contributed by atoms with Gasteiger partial charge in [-0.05, 0) is 31.2 Å². The quantitative estimate of drug-likeness (QED) is 0.812. The van der Waals surface area contributed by atoms with E-state index in [0.717, 1.165) is 0 Å². The third-order valence-corrected chi connectivity index (χ3v) is 2.12. The molecule has 6 heteroatoms. The maximum Gasteiger partial charge on any atom is 0.319 e. The van der Waals surface area contributed by atoms with Crippen molar-refractivity contribution in [2.45, 2.75) is 6.92 Å². The van der Waals surface area contributed by atoms with E-state index in [1.165, 1.54) is 0 Å². The molecule has 0 bridgehead atoms. The number of hydrogen-bond donors (Lipinski definition) is 1. The first-order valence-electron chi connectivity index (χ1n) is 3.96. The fourth-order valence-electron chi connectivity index (χ4n) is 0.927. The van der Waals surface area contributed by atoms with Crippen LogP contribution in [-0.2, 0) is 9.24 Å². The first-order valence-corrected chi connectivity index (χ1v) is 6.27. The van der Waals surface area contributed by atoms with Crippen LogP contribution in [0.4, 0.5) is 5.69 Å². The molecule has 0 aromatic heterocycles. The van der Waals surface area contributed by atoms with Gasteiger partial charge in [0.25, 0.3) is 0 Å². The van der Waals surface area contributed by atoms with Gasteiger partial charge >= 0.3 is 9.24 Å². The molecule has 0 heterocycles. The standard InChI is InChI=1S/C8H10ClNO3S/c1-2-13-8-5-3-7(4-6-8)10-14(9,11)12/h3-6,10H,2H2,1H3. The highest BCUT2D eigenvalue weighted by atomic mass is 35.7. The molecule has 1 aromatic rings. The topological polar surface area (TPSA) is 55.4 Å². The lowest BCUT2D eigenvalue weighted by Gasteiger charge is -2.04. The summed E-state index contributed by atoms with van der Waals surface area (Å²) < 4.78 is 28.6. The van der Waals surface area contributed by atoms with Gasteiger partial charge in [0.2, 0.25) is 0 Å². The zero-order valence-corrected chi connectivity index (χ0v) is 9.10. The normalized spacial score (nSPS) is 11.0. The lowest BCUT2D eigenvalue weighted by Crippen LogP contribution is -2.03. The molecule has 1 aromatic carbocycles. The van der Waals surface area contributed by atoms with Crippen molar-refractivity contribution >= 4 is 25.6 Å². The predicted octanol–water partition coefficient (Wildman–Crippen LogP) is 1.98. The fraction of sp³-hybridized carbons (Fsp3) is 0.250. The summed E-state index contributed by atoms with van der Waals surface area (Å²) in [6.45, 7) is 2.44. The summed E-state index contributed by atoms with van der Waals surface area (Å²) in [7, 11) is 1.28. The molecule has 0 aliphatic carbocycles. The highest BCUT2D eigenvalue weighted by molar-refractivity contribution is 8.14. The van der Waals surface area contributed by atoms with E-state index in [-0.39, 0.29) is 0 Å². The van der Waals surface area contributed by atoms with Crippen molar-refractivity contribution in [3.63, 3.8) is 0 Å². The van der Waals surface area contributed by atoms with Crippen LogP contribution < -0.4 is 9.46 Å². The Bertz CT molecular complexity index is 388. The summed E-state index contributed by atoms with van der Waals surface area (Å²) >= 11 is 0. The fourth-order valence-corrected chi connectivity index (χ4v) is 1.61. The van der Waals surface area contributed by atoms with Crippen molar-refractivity contribution in [1.82, 2.24) is 0 Å². The van der Waals surface area contributed by atoms with Crippen molar-refractivity contribution in [2.75, 3.05) is 11.3 Å². The maximum atomic E-state index is 10.6. The van der Waals surface area contributed by atoms with E-state index < -0.39 is 9.24 Å². The van der Waals surface area contributed by atoms with Gasteiger partial charge in [-0.15, -0.1) is 0 Å². The Morgan fingerprint density at radius 3 is 2.36 bits per heavy atom. The first kappa shape index (κ1) is 11.1. The Morgan fingerprint density at radius 2 is 1.93 bits per heavy atom. The van der Waals surface area contributed by atoms with Crippen LogP contribution in [0.15, 0.2) is 24.3 Å². The highest BCUT2D eigenvalue weighted by Gasteiger charge is 2.03. The number of halogens is 1. The van der Waals surface area contributed by atoms with Gasteiger partial charge in [0, 0.05) is 16.4 Å². The van der Waals surface area contributed by atoms with E-state index in [9.17, 15) is 8.42 Å². The van der Waals surface area contributed by atoms with Crippen LogP contribution in [0.25, 0.3) is 0 Å². The van der Waals surface area contributed by atoms with Crippen molar-refractivity contribution in [3.05, 3.63) is 24.3 Å². The van der Waals surface area contributed by atoms with Crippen molar-refractivity contribution < 1.29 is 13.2 Å². The second-order valence-electron chi connectivity index (χ2n) is 2.50. The van der Waals surface area contributed by atoms with Gasteiger partial charge in [0.05, 0.1) is 6.61 Å². The Labute approximate surface area is 87.4 Å². The van der Waals surface area contributed by atoms with Crippen LogP contribution >= 0.6 is 10.7 Å². The van der Waals surface area contributed by atoms with Crippen LogP contribution in [0.5, 0.6) is 5.75 Å². The second kappa shape index (κ2) is 4.52. The minimum atomic E-state index is -3.72. The zero-order valence-electron chi connectivity index (χ0n) is 7.53. The molecule has 14 heavy (non-hydrogen) atoms. The summed E-state index contributed by atoms with van der Waals surface area (Å²) in [6.07, 6.45) is 0. The summed E-state index contributed by atoms with van der Waals surface area (Å²) in [4.78, 5) is 0. The van der Waals surface area contributed by atoms with E-state index in [2.05, 4.69) is 4.72 Å². The van der Waals surface area contributed by atoms with Gasteiger partial charge in [-0.3, -0.25) is 4.72 Å². The number of rotatable bonds is 4. The molecule has 1 rings (SSSR count). The zero-order chi connectivity index (χ0) is 10.6. The molecule has 0 fully saturated rings. The van der Waals surface area contributed by atoms with E-state index >= 15 is 0 Å². The van der Waals surface area contributed by atoms with Crippen LogP contribution in [0.3, 0.4) is 0 Å². The Hall–Kier alpha value is -0.940. The van der Waals surface area contributed by atoms with Crippen molar-refractivity contribution in [3.8, 4) is 5.75 Å². The molecule has 0 aliphatic rings. The lowest BCUT2D eigenvalue weighted by atomic mass is 10.3. The molecule has 4 nitrogen and oxygen atoms in total. The molecule has 0 amide bonds. The molecule has 0 aliphatic heterocycles. The minimum Gasteiger partial charge on any atom is -0.494 e. The lowest BCUT2D eigenvalue weighted by molar-refractivity contribution is 0.340. The average molecular weight is 236 g/mol. The molecule has 1 N–H and O–H groups in total. The molecule has 0 saturated heterocycles. The third kappa shape index (κ3) is 3.85. The number of anilines is 1. The van der Waals surface area contributed by atoms with Crippen molar-refractivity contribution in [1.29, 1.82) is 0 Å². The van der Waals surface area contributed by atoms with Crippen molar-refractivity contribution in [2.24, 2.45) is 0 Å². The molecule has 0 unspecified atom stereocenters. The number of nitrogens with one attached hydrogen (secondary N) is 1. The van der Waals surface area contributed by atoms with Crippen LogP contribution in [-0.4, -0.2) is 15.0 Å². The van der Waals surface area contributed by atoms with Crippen LogP contribution in [0.2, 0.25) is 0 Å². The van der Waals surface area contributed by atoms with Crippen LogP contribution in [0.1, 0.15) is 6.92 Å². The molecule has 0 radical (unpaired) electrons. The average Bonchev–Trinajstić information content (AvgIpc) is 2.06. The summed E-state index contributed by atoms with van der Waals surface area (Å²) in [5, 5.41) is 0. The van der Waals surface area contributed by atoms with E-state index in [0.29, 0.717) is 18.0 Å². The second-order valence-corrected chi connectivity index (χ2v) is 4.80. The van der Waals surface area contributed by atoms with Gasteiger partial charge in [0.1, 0.15) is 5.75 Å². The maximum absolute atomic E-state index is 10.6. The first-order chi connectivity index (χ1) is 6.51. The monoisotopic (exact) mass is 235 g/mol. The van der Waals surface area contributed by atoms with E-state index in [4.69, 9.17) is 15.4 Å². The highest BCUT2D eigenvalue weighted by Crippen LogP contribution is 2.17. The number of hydrogen-bond acceptors (Lipinski definition) is 3. The van der Waals surface area contributed by atoms with Gasteiger partial charge < -0.3 is 4.74 Å². The van der Waals surface area contributed by atoms with Gasteiger partial charge in [-0.2, -0.15) is 8.42 Å². The summed E-state index contributed by atoms with van der Waals surface area (Å²) in [6, 6.07) is 6.47. The Balaban J connectivity index is 2.74. The number of benzene rings is 1. The largest absolute Gasteiger partial charge is 0.494 e. The molecular formula is C8H10ClNO3S. The molecule has 0 saturated carbocycles. The number of ether oxygens (including phenoxy) is 1. The molecule has 0 spiro atoms. The van der Waals surface area contributed by atoms with Gasteiger partial charge in [-0.1, -0.05) is 0 Å². The van der Waals surface area contributed by atoms with Crippen LogP contribution in [0, 0.1) is 0 Å². The Kier molecular flexibility index (Phi) is 3.60. The SMILES string of the molecule is CCOc1ccc(NS(=O)(=O)Cl)cc1. The van der Waals surface area contributed by atoms with E-state index in [1.54, 1.807) is 24.3 Å². The summed E-state index contributed by atoms with van der Waals surface area (Å²) in [5.41, 5.74) is 0.406. The molecular weight excluding hydrogens is 226 g/mol. The summed E-state index contributed by atoms with van der Waals surface area (Å²) in [5.74, 6) is 0.685. The minimum absolute atomic E-state index is 0.406. The van der Waals surface area contributed by atoms with Gasteiger partial charge in [0.15, 0.2) is 0 Å². The Morgan fingerprint density at radius 1 is 1.36 bits per heavy atom. The molecule has 78 valence electrons. The third-order valence-electron chi connectivity index (χ3n) is 1.41. The predicted molar refractivity (Wildman–Crippen MR) is 56.0 cm³/mol. The molecule has 0 atom stereocenters.